The zero-order chi connectivity index (χ0) is 14.3. The lowest BCUT2D eigenvalue weighted by Crippen LogP contribution is -2.31. The van der Waals surface area contributed by atoms with E-state index in [1.54, 1.807) is 0 Å². The zero-order valence-corrected chi connectivity index (χ0v) is 11.1. The molecule has 4 nitrogen and oxygen atoms in total. The lowest BCUT2D eigenvalue weighted by Gasteiger charge is -2.18. The number of hydrogen-bond acceptors (Lipinski definition) is 4. The lowest BCUT2D eigenvalue weighted by atomic mass is 10.1. The number of anilines is 1. The third-order valence-electron chi connectivity index (χ3n) is 2.76. The second kappa shape index (κ2) is 7.37. The highest BCUT2D eigenvalue weighted by Gasteiger charge is 2.19. The van der Waals surface area contributed by atoms with Crippen LogP contribution in [0, 0.1) is 17.1 Å². The standard InChI is InChI=1S/C14H17FN2O2/c1-3-4-5-13(14(18)19-2)17-12-7-6-11(15)8-10(12)9-16/h6-8,13,17H,3-5H2,1-2H3. The Morgan fingerprint density at radius 2 is 2.32 bits per heavy atom. The van der Waals surface area contributed by atoms with Gasteiger partial charge in [-0.2, -0.15) is 5.26 Å². The van der Waals surface area contributed by atoms with Crippen LogP contribution in [-0.2, 0) is 9.53 Å². The van der Waals surface area contributed by atoms with Gasteiger partial charge >= 0.3 is 5.97 Å². The molecule has 1 aromatic rings. The third-order valence-corrected chi connectivity index (χ3v) is 2.76. The van der Waals surface area contributed by atoms with E-state index >= 15 is 0 Å². The van der Waals surface area contributed by atoms with Crippen LogP contribution in [0.4, 0.5) is 10.1 Å². The Kier molecular flexibility index (Phi) is 5.80. The number of esters is 1. The van der Waals surface area contributed by atoms with Crippen LogP contribution < -0.4 is 5.32 Å². The third kappa shape index (κ3) is 4.25. The van der Waals surface area contributed by atoms with E-state index in [1.807, 2.05) is 13.0 Å². The molecule has 5 heteroatoms. The molecule has 0 fully saturated rings. The summed E-state index contributed by atoms with van der Waals surface area (Å²) in [4.78, 5) is 11.6. The van der Waals surface area contributed by atoms with Crippen LogP contribution in [0.3, 0.4) is 0 Å². The van der Waals surface area contributed by atoms with Gasteiger partial charge in [-0.15, -0.1) is 0 Å². The number of methoxy groups -OCH3 is 1. The van der Waals surface area contributed by atoms with Gasteiger partial charge in [-0.1, -0.05) is 19.8 Å². The van der Waals surface area contributed by atoms with Crippen molar-refractivity contribution in [2.24, 2.45) is 0 Å². The van der Waals surface area contributed by atoms with Crippen molar-refractivity contribution in [1.29, 1.82) is 5.26 Å². The fourth-order valence-corrected chi connectivity index (χ4v) is 1.72. The molecular formula is C14H17FN2O2. The molecule has 0 saturated carbocycles. The molecule has 1 unspecified atom stereocenters. The summed E-state index contributed by atoms with van der Waals surface area (Å²) in [6.45, 7) is 2.02. The number of halogens is 1. The Morgan fingerprint density at radius 3 is 2.89 bits per heavy atom. The number of ether oxygens (including phenoxy) is 1. The monoisotopic (exact) mass is 264 g/mol. The summed E-state index contributed by atoms with van der Waals surface area (Å²) in [6, 6.07) is 5.21. The Morgan fingerprint density at radius 1 is 1.58 bits per heavy atom. The van der Waals surface area contributed by atoms with Crippen molar-refractivity contribution in [3.8, 4) is 6.07 Å². The van der Waals surface area contributed by atoms with E-state index in [9.17, 15) is 9.18 Å². The molecule has 0 aromatic heterocycles. The summed E-state index contributed by atoms with van der Waals surface area (Å²) in [7, 11) is 1.32. The van der Waals surface area contributed by atoms with Gasteiger partial charge in [-0.05, 0) is 24.6 Å². The number of nitrogens with one attached hydrogen (secondary N) is 1. The lowest BCUT2D eigenvalue weighted by molar-refractivity contribution is -0.141. The molecule has 0 bridgehead atoms. The highest BCUT2D eigenvalue weighted by molar-refractivity contribution is 5.80. The molecule has 102 valence electrons. The van der Waals surface area contributed by atoms with Gasteiger partial charge in [0.05, 0.1) is 18.4 Å². The van der Waals surface area contributed by atoms with E-state index in [1.165, 1.54) is 19.2 Å². The van der Waals surface area contributed by atoms with E-state index in [2.05, 4.69) is 5.32 Å². The van der Waals surface area contributed by atoms with Crippen molar-refractivity contribution in [3.63, 3.8) is 0 Å². The summed E-state index contributed by atoms with van der Waals surface area (Å²) in [5.74, 6) is -0.869. The molecule has 0 saturated heterocycles. The maximum Gasteiger partial charge on any atom is 0.328 e. The molecule has 19 heavy (non-hydrogen) atoms. The van der Waals surface area contributed by atoms with Crippen LogP contribution in [0.5, 0.6) is 0 Å². The molecule has 1 aromatic carbocycles. The summed E-state index contributed by atoms with van der Waals surface area (Å²) in [5.41, 5.74) is 0.612. The number of unbranched alkanes of at least 4 members (excludes halogenated alkanes) is 1. The van der Waals surface area contributed by atoms with Crippen LogP contribution >= 0.6 is 0 Å². The zero-order valence-electron chi connectivity index (χ0n) is 11.1. The number of carbonyl (C=O) groups is 1. The Hall–Kier alpha value is -2.09. The molecule has 0 aliphatic carbocycles. The number of rotatable bonds is 6. The van der Waals surface area contributed by atoms with Crippen LogP contribution in [-0.4, -0.2) is 19.1 Å². The van der Waals surface area contributed by atoms with E-state index < -0.39 is 11.9 Å². The second-order valence-corrected chi connectivity index (χ2v) is 4.16. The normalized spacial score (nSPS) is 11.5. The number of nitriles is 1. The topological polar surface area (TPSA) is 62.1 Å². The van der Waals surface area contributed by atoms with Crippen LogP contribution in [0.25, 0.3) is 0 Å². The number of carbonyl (C=O) groups excluding carboxylic acids is 1. The molecule has 0 heterocycles. The average Bonchev–Trinajstić information content (AvgIpc) is 2.43. The maximum absolute atomic E-state index is 13.0. The molecule has 1 N–H and O–H groups in total. The molecule has 0 spiro atoms. The van der Waals surface area contributed by atoms with Gasteiger partial charge in [-0.25, -0.2) is 9.18 Å². The van der Waals surface area contributed by atoms with Crippen LogP contribution in [0.2, 0.25) is 0 Å². The quantitative estimate of drug-likeness (QED) is 0.802. The first-order valence-electron chi connectivity index (χ1n) is 6.16. The van der Waals surface area contributed by atoms with E-state index in [-0.39, 0.29) is 11.5 Å². The Labute approximate surface area is 112 Å². The van der Waals surface area contributed by atoms with Gasteiger partial charge in [0.2, 0.25) is 0 Å². The SMILES string of the molecule is CCCCC(Nc1ccc(F)cc1C#N)C(=O)OC. The smallest absolute Gasteiger partial charge is 0.328 e. The summed E-state index contributed by atoms with van der Waals surface area (Å²) in [5, 5.41) is 11.9. The van der Waals surface area contributed by atoms with Gasteiger partial charge in [0.1, 0.15) is 17.9 Å². The van der Waals surface area contributed by atoms with Crippen molar-refractivity contribution < 1.29 is 13.9 Å². The molecule has 0 amide bonds. The van der Waals surface area contributed by atoms with E-state index in [0.717, 1.165) is 18.9 Å². The fraction of sp³-hybridized carbons (Fsp3) is 0.429. The van der Waals surface area contributed by atoms with Crippen molar-refractivity contribution in [1.82, 2.24) is 0 Å². The van der Waals surface area contributed by atoms with E-state index in [4.69, 9.17) is 10.00 Å². The molecule has 1 atom stereocenters. The van der Waals surface area contributed by atoms with Crippen molar-refractivity contribution >= 4 is 11.7 Å². The van der Waals surface area contributed by atoms with Crippen LogP contribution in [0.1, 0.15) is 31.7 Å². The maximum atomic E-state index is 13.0. The predicted molar refractivity (Wildman–Crippen MR) is 70.1 cm³/mol. The number of hydrogen-bond donors (Lipinski definition) is 1. The molecular weight excluding hydrogens is 247 g/mol. The van der Waals surface area contributed by atoms with Gasteiger partial charge in [0, 0.05) is 0 Å². The number of benzene rings is 1. The molecule has 0 radical (unpaired) electrons. The van der Waals surface area contributed by atoms with Crippen LogP contribution in [0.15, 0.2) is 18.2 Å². The minimum absolute atomic E-state index is 0.172. The van der Waals surface area contributed by atoms with Crippen molar-refractivity contribution in [3.05, 3.63) is 29.6 Å². The first-order valence-corrected chi connectivity index (χ1v) is 6.16. The summed E-state index contributed by atoms with van der Waals surface area (Å²) >= 11 is 0. The fourth-order valence-electron chi connectivity index (χ4n) is 1.72. The highest BCUT2D eigenvalue weighted by atomic mass is 19.1. The highest BCUT2D eigenvalue weighted by Crippen LogP contribution is 2.19. The second-order valence-electron chi connectivity index (χ2n) is 4.16. The number of nitrogens with zero attached hydrogens (tertiary/aromatic N) is 1. The Bertz CT molecular complexity index is 483. The van der Waals surface area contributed by atoms with E-state index in [0.29, 0.717) is 12.1 Å². The van der Waals surface area contributed by atoms with Gasteiger partial charge in [0.25, 0.3) is 0 Å². The summed E-state index contributed by atoms with van der Waals surface area (Å²) < 4.78 is 17.7. The molecule has 1 rings (SSSR count). The molecule has 0 aliphatic rings. The van der Waals surface area contributed by atoms with Gasteiger partial charge in [0.15, 0.2) is 0 Å². The largest absolute Gasteiger partial charge is 0.467 e. The average molecular weight is 264 g/mol. The molecule has 0 aliphatic heterocycles. The predicted octanol–water partition coefficient (Wildman–Crippen LogP) is 2.84. The first kappa shape index (κ1) is 15.0. The first-order chi connectivity index (χ1) is 9.12. The van der Waals surface area contributed by atoms with Crippen molar-refractivity contribution in [2.75, 3.05) is 12.4 Å². The summed E-state index contributed by atoms with van der Waals surface area (Å²) in [6.07, 6.45) is 2.41. The van der Waals surface area contributed by atoms with Gasteiger partial charge in [-0.3, -0.25) is 0 Å². The Balaban J connectivity index is 2.90. The van der Waals surface area contributed by atoms with Gasteiger partial charge < -0.3 is 10.1 Å². The minimum Gasteiger partial charge on any atom is -0.467 e. The van der Waals surface area contributed by atoms with Crippen molar-refractivity contribution in [2.45, 2.75) is 32.2 Å². The minimum atomic E-state index is -0.525.